The zero-order valence-corrected chi connectivity index (χ0v) is 55.3. The third kappa shape index (κ3) is 32.6. The van der Waals surface area contributed by atoms with Crippen molar-refractivity contribution in [3.8, 4) is 0 Å². The van der Waals surface area contributed by atoms with Crippen LogP contribution in [0.5, 0.6) is 0 Å². The summed E-state index contributed by atoms with van der Waals surface area (Å²) in [6.07, 6.45) is 34.1. The number of aromatic nitrogens is 6. The number of carbonyl (C=O) groups is 1. The topological polar surface area (TPSA) is 243 Å². The molecular weight excluding hydrogens is 1180 g/mol. The maximum absolute atomic E-state index is 12.8. The van der Waals surface area contributed by atoms with E-state index in [0.29, 0.717) is 86.6 Å². The van der Waals surface area contributed by atoms with Crippen molar-refractivity contribution in [2.24, 2.45) is 57.4 Å². The van der Waals surface area contributed by atoms with E-state index in [1.165, 1.54) is 51.4 Å². The van der Waals surface area contributed by atoms with E-state index in [1.807, 2.05) is 49.8 Å². The summed E-state index contributed by atoms with van der Waals surface area (Å²) in [6.45, 7) is 16.6. The number of unbranched alkanes of at least 4 members (excludes halogenated alkanes) is 12. The van der Waals surface area contributed by atoms with Crippen LogP contribution in [-0.4, -0.2) is 146 Å². The van der Waals surface area contributed by atoms with E-state index in [2.05, 4.69) is 64.4 Å². The van der Waals surface area contributed by atoms with Gasteiger partial charge in [0.15, 0.2) is 0 Å². The van der Waals surface area contributed by atoms with Gasteiger partial charge in [0.05, 0.1) is 71.6 Å². The van der Waals surface area contributed by atoms with Crippen LogP contribution in [0.4, 0.5) is 0 Å². The first-order chi connectivity index (χ1) is 40.7. The van der Waals surface area contributed by atoms with Gasteiger partial charge in [-0.3, -0.25) is 14.0 Å². The lowest BCUT2D eigenvalue weighted by Gasteiger charge is -2.58. The van der Waals surface area contributed by atoms with Gasteiger partial charge in [-0.15, -0.1) is 10.2 Å². The Labute approximate surface area is 563 Å². The molecule has 0 aromatic carbocycles. The summed E-state index contributed by atoms with van der Waals surface area (Å²) in [6, 6.07) is 0. The van der Waals surface area contributed by atoms with E-state index in [0.717, 1.165) is 138 Å². The predicted octanol–water partition coefficient (Wildman–Crippen LogP) is 16.9. The Balaban J connectivity index is -0.00000459. The van der Waals surface area contributed by atoms with Crippen LogP contribution in [0.2, 0.25) is 0 Å². The summed E-state index contributed by atoms with van der Waals surface area (Å²) in [7, 11) is 5.06. The summed E-state index contributed by atoms with van der Waals surface area (Å²) in [5.41, 5.74) is 12.1. The molecule has 4 aliphatic carbocycles. The number of methoxy groups -OCH3 is 2. The molecule has 4 aliphatic rings. The van der Waals surface area contributed by atoms with Crippen molar-refractivity contribution in [3.05, 3.63) is 45.9 Å². The van der Waals surface area contributed by atoms with Crippen LogP contribution in [0.25, 0.3) is 10.4 Å². The van der Waals surface area contributed by atoms with Gasteiger partial charge < -0.3 is 42.5 Å². The third-order valence-electron chi connectivity index (χ3n) is 19.3. The van der Waals surface area contributed by atoms with Crippen LogP contribution in [0.1, 0.15) is 252 Å². The number of allylic oxidation sites excluding steroid dienone is 1. The molecule has 0 aliphatic heterocycles. The first-order valence-corrected chi connectivity index (χ1v) is 34.5. The van der Waals surface area contributed by atoms with E-state index in [4.69, 9.17) is 33.5 Å². The fraction of sp³-hybridized carbons (Fsp3) is 0.901. The summed E-state index contributed by atoms with van der Waals surface area (Å²) in [5, 5.41) is 31.4. The van der Waals surface area contributed by atoms with Crippen LogP contribution < -0.4 is 4.89 Å². The Morgan fingerprint density at radius 2 is 1.29 bits per heavy atom. The van der Waals surface area contributed by atoms with E-state index in [9.17, 15) is 19.4 Å². The van der Waals surface area contributed by atoms with Gasteiger partial charge in [0.2, 0.25) is 0 Å². The number of aryl methyl sites for hydroxylation is 2. The normalized spacial score (nSPS) is 23.1. The molecule has 6 rings (SSSR count). The number of rotatable bonds is 42. The van der Waals surface area contributed by atoms with E-state index < -0.39 is 7.82 Å². The maximum atomic E-state index is 12.8. The van der Waals surface area contributed by atoms with E-state index >= 15 is 0 Å². The number of aliphatic hydroxyl groups is 1. The number of hydrogen-bond acceptors (Lipinski definition) is 15. The number of azide groups is 1. The van der Waals surface area contributed by atoms with Crippen LogP contribution in [0.15, 0.2) is 29.2 Å². The highest BCUT2D eigenvalue weighted by Crippen LogP contribution is 2.67. The smallest absolute Gasteiger partial charge is 0.305 e. The second-order valence-corrected chi connectivity index (χ2v) is 29.0. The van der Waals surface area contributed by atoms with E-state index in [-0.39, 0.29) is 94.7 Å². The third-order valence-corrected chi connectivity index (χ3v) is 20.3. The Morgan fingerprint density at radius 1 is 0.739 bits per heavy atom. The number of ether oxygens (including phenoxy) is 4. The van der Waals surface area contributed by atoms with Gasteiger partial charge in [0.25, 0.3) is 7.82 Å². The summed E-state index contributed by atoms with van der Waals surface area (Å²) >= 11 is 0. The maximum Gasteiger partial charge on any atom is 0.305 e. The molecule has 2 aromatic heterocycles. The Morgan fingerprint density at radius 3 is 1.87 bits per heavy atom. The zero-order chi connectivity index (χ0) is 61.7. The minimum absolute atomic E-state index is 0. The number of hydrogen-bond donors (Lipinski definition) is 1. The number of aliphatic hydroxyl groups excluding tert-OH is 1. The van der Waals surface area contributed by atoms with Gasteiger partial charge in [-0.05, 0) is 154 Å². The Kier molecular flexibility index (Phi) is 48.9. The number of fused-ring (bicyclic) bond motifs is 5. The molecule has 12 unspecified atom stereocenters. The molecule has 1 N–H and O–H groups in total. The standard InChI is InChI=1S/C59H104N7O9P.C5H11N3O.7CH4/c1-46(40-64-41-49(60-62-64)23-19-16-12-10-14-18-22-37-74-76(69,70)75-38-35-66(5,6)7)44-73-52(45-71-8)43-65-42-50(61-63-65)24-20-15-11-9-13-17-21-36-72-57(68)30-25-47(2)54-28-29-55-53-27-26-48-39-51(67)31-33-58(48,3)56(53)32-34-59(54,55)4;1-5(4-9-2)3-7-8-6;;;;;;;/h26,41-42,46-47,51-56,67H,9-25,27-40,43-45H2,1-8H3;5H,3-4H2,1-2H3;7*1H4. The second kappa shape index (κ2) is 48.4. The predicted molar refractivity (Wildman–Crippen MR) is 378 cm³/mol. The number of carbonyl (C=O) groups excluding carboxylic acids is 1. The number of quaternary nitrogens is 1. The van der Waals surface area contributed by atoms with Crippen molar-refractivity contribution < 1.29 is 51.8 Å². The molecule has 12 atom stereocenters. The van der Waals surface area contributed by atoms with Crippen LogP contribution >= 0.6 is 7.82 Å². The average molecular weight is 1330 g/mol. The molecular formula is C71H143N10O10P. The van der Waals surface area contributed by atoms with Crippen LogP contribution in [0.3, 0.4) is 0 Å². The first-order valence-electron chi connectivity index (χ1n) is 33.0. The number of nitrogens with zero attached hydrogens (tertiary/aromatic N) is 10. The molecule has 0 bridgehead atoms. The summed E-state index contributed by atoms with van der Waals surface area (Å²) in [5.74, 6) is 4.12. The number of phosphoric acid groups is 1. The number of likely N-dealkylation sites (N-methyl/N-ethyl adjacent to an activating group) is 1. The molecule has 2 aromatic rings. The summed E-state index contributed by atoms with van der Waals surface area (Å²) < 4.78 is 48.7. The molecule has 0 saturated heterocycles. The minimum Gasteiger partial charge on any atom is -0.756 e. The van der Waals surface area contributed by atoms with E-state index in [1.54, 1.807) is 19.8 Å². The van der Waals surface area contributed by atoms with Gasteiger partial charge >= 0.3 is 5.97 Å². The van der Waals surface area contributed by atoms with Crippen molar-refractivity contribution in [1.82, 2.24) is 30.0 Å². The van der Waals surface area contributed by atoms with Gasteiger partial charge in [-0.1, -0.05) is 178 Å². The molecule has 92 heavy (non-hydrogen) atoms. The average Bonchev–Trinajstić information content (AvgIpc) is 1.34. The van der Waals surface area contributed by atoms with Crippen molar-refractivity contribution in [2.45, 2.75) is 279 Å². The molecule has 3 fully saturated rings. The van der Waals surface area contributed by atoms with Crippen molar-refractivity contribution in [3.63, 3.8) is 0 Å². The second-order valence-electron chi connectivity index (χ2n) is 27.6. The highest BCUT2D eigenvalue weighted by molar-refractivity contribution is 7.45. The number of esters is 1. The van der Waals surface area contributed by atoms with Crippen molar-refractivity contribution in [1.29, 1.82) is 0 Å². The highest BCUT2D eigenvalue weighted by Gasteiger charge is 2.59. The zero-order valence-electron chi connectivity index (χ0n) is 54.4. The summed E-state index contributed by atoms with van der Waals surface area (Å²) in [4.78, 5) is 27.4. The molecule has 542 valence electrons. The quantitative estimate of drug-likeness (QED) is 0.00950. The number of phosphoric ester groups is 1. The van der Waals surface area contributed by atoms with Crippen LogP contribution in [0, 0.1) is 52.3 Å². The fourth-order valence-corrected chi connectivity index (χ4v) is 15.2. The lowest BCUT2D eigenvalue weighted by atomic mass is 9.47. The molecule has 0 spiro atoms. The SMILES string of the molecule is C.C.C.C.C.C.C.COCC(C)CN=[N+]=[N-].COCC(Cn1cc(CCCCCCCCCOC(=O)CCC(C)C2CCC3C4CC=C5CC(O)CCC5(C)C4CCC23C)nn1)OCC(C)Cn1cc(CCCCCCCCCOP(=O)([O-])OCC[N+](C)(C)C)nn1. The lowest BCUT2D eigenvalue weighted by molar-refractivity contribution is -0.870. The van der Waals surface area contributed by atoms with Crippen molar-refractivity contribution in [2.75, 3.05) is 88.1 Å². The van der Waals surface area contributed by atoms with Gasteiger partial charge in [0.1, 0.15) is 19.3 Å². The fourth-order valence-electron chi connectivity index (χ4n) is 14.5. The Hall–Kier alpha value is -3.29. The first kappa shape index (κ1) is 92.9. The van der Waals surface area contributed by atoms with Crippen LogP contribution in [-0.2, 0) is 63.3 Å². The Bertz CT molecular complexity index is 2330. The largest absolute Gasteiger partial charge is 0.756 e. The molecule has 0 radical (unpaired) electrons. The minimum atomic E-state index is -4.22. The van der Waals surface area contributed by atoms with Gasteiger partial charge in [0, 0.05) is 57.6 Å². The van der Waals surface area contributed by atoms with Gasteiger partial charge in [-0.2, -0.15) is 0 Å². The molecule has 20 nitrogen and oxygen atoms in total. The van der Waals surface area contributed by atoms with Crippen molar-refractivity contribution >= 4 is 13.8 Å². The molecule has 21 heteroatoms. The molecule has 3 saturated carbocycles. The molecule has 2 heterocycles. The molecule has 0 amide bonds. The van der Waals surface area contributed by atoms with Gasteiger partial charge in [-0.25, -0.2) is 4.68 Å². The highest BCUT2D eigenvalue weighted by atomic mass is 31.2. The monoisotopic (exact) mass is 1330 g/mol. The lowest BCUT2D eigenvalue weighted by Crippen LogP contribution is -2.50.